The molecule has 2 aromatic carbocycles. The summed E-state index contributed by atoms with van der Waals surface area (Å²) in [6, 6.07) is 6.40. The molecule has 0 radical (unpaired) electrons. The molecule has 0 fully saturated rings. The molecule has 6 heteroatoms. The lowest BCUT2D eigenvalue weighted by atomic mass is 10.1. The Balaban J connectivity index is 2.39. The predicted octanol–water partition coefficient (Wildman–Crippen LogP) is 3.00. The monoisotopic (exact) mass is 318 g/mol. The summed E-state index contributed by atoms with van der Waals surface area (Å²) in [4.78, 5) is 0. The highest BCUT2D eigenvalue weighted by atomic mass is 16.5. The molecule has 0 aliphatic rings. The van der Waals surface area contributed by atoms with Crippen LogP contribution in [0.3, 0.4) is 0 Å². The zero-order chi connectivity index (χ0) is 17.0. The third-order valence-electron chi connectivity index (χ3n) is 3.32. The molecule has 0 spiro atoms. The fourth-order valence-electron chi connectivity index (χ4n) is 2.07. The molecule has 0 saturated carbocycles. The van der Waals surface area contributed by atoms with Crippen molar-refractivity contribution < 1.29 is 29.5 Å². The summed E-state index contributed by atoms with van der Waals surface area (Å²) >= 11 is 0. The van der Waals surface area contributed by atoms with E-state index in [1.54, 1.807) is 36.4 Å². The smallest absolute Gasteiger partial charge is 0.201 e. The van der Waals surface area contributed by atoms with E-state index < -0.39 is 0 Å². The van der Waals surface area contributed by atoms with Crippen LogP contribution in [0.4, 0.5) is 0 Å². The summed E-state index contributed by atoms with van der Waals surface area (Å²) in [5.74, 6) is 0.0372. The van der Waals surface area contributed by atoms with Gasteiger partial charge in [0.15, 0.2) is 23.0 Å². The van der Waals surface area contributed by atoms with E-state index in [1.165, 1.54) is 21.3 Å². The van der Waals surface area contributed by atoms with Crippen molar-refractivity contribution in [3.63, 3.8) is 0 Å². The van der Waals surface area contributed by atoms with Gasteiger partial charge < -0.3 is 29.5 Å². The minimum absolute atomic E-state index is 0.0860. The summed E-state index contributed by atoms with van der Waals surface area (Å²) < 4.78 is 15.1. The maximum Gasteiger partial charge on any atom is 0.201 e. The number of hydrogen-bond acceptors (Lipinski definition) is 6. The zero-order valence-electron chi connectivity index (χ0n) is 13.0. The van der Waals surface area contributed by atoms with Crippen LogP contribution in [-0.4, -0.2) is 36.6 Å². The van der Waals surface area contributed by atoms with Crippen molar-refractivity contribution >= 4 is 12.2 Å². The number of phenols is 3. The molecule has 0 atom stereocenters. The van der Waals surface area contributed by atoms with E-state index in [2.05, 4.69) is 0 Å². The highest BCUT2D eigenvalue weighted by Crippen LogP contribution is 2.40. The molecule has 6 nitrogen and oxygen atoms in total. The van der Waals surface area contributed by atoms with Gasteiger partial charge in [0.25, 0.3) is 0 Å². The quantitative estimate of drug-likeness (QED) is 0.580. The van der Waals surface area contributed by atoms with E-state index in [0.717, 1.165) is 0 Å². The molecule has 2 rings (SSSR count). The topological polar surface area (TPSA) is 88.4 Å². The van der Waals surface area contributed by atoms with E-state index in [4.69, 9.17) is 14.2 Å². The van der Waals surface area contributed by atoms with Crippen molar-refractivity contribution in [1.29, 1.82) is 0 Å². The normalized spacial score (nSPS) is 10.7. The summed E-state index contributed by atoms with van der Waals surface area (Å²) in [6.45, 7) is 0. The van der Waals surface area contributed by atoms with Crippen LogP contribution in [0.15, 0.2) is 24.3 Å². The van der Waals surface area contributed by atoms with Gasteiger partial charge in [0.2, 0.25) is 11.5 Å². The van der Waals surface area contributed by atoms with Gasteiger partial charge in [0.1, 0.15) is 0 Å². The molecule has 0 bridgehead atoms. The van der Waals surface area contributed by atoms with E-state index in [-0.39, 0.29) is 34.5 Å². The molecule has 0 aliphatic carbocycles. The van der Waals surface area contributed by atoms with Gasteiger partial charge in [-0.2, -0.15) is 0 Å². The Labute approximate surface area is 133 Å². The Morgan fingerprint density at radius 1 is 0.696 bits per heavy atom. The first-order valence-electron chi connectivity index (χ1n) is 6.73. The second-order valence-electron chi connectivity index (χ2n) is 4.66. The number of hydrogen-bond donors (Lipinski definition) is 3. The number of benzene rings is 2. The first kappa shape index (κ1) is 16.4. The molecule has 122 valence electrons. The third kappa shape index (κ3) is 3.26. The Hall–Kier alpha value is -3.02. The SMILES string of the molecule is COc1cc(/C=C/c2ccc(OC)c(O)c2O)cc(OC)c1O. The van der Waals surface area contributed by atoms with Crippen LogP contribution in [-0.2, 0) is 0 Å². The maximum atomic E-state index is 9.96. The zero-order valence-corrected chi connectivity index (χ0v) is 13.0. The summed E-state index contributed by atoms with van der Waals surface area (Å²) in [7, 11) is 4.28. The van der Waals surface area contributed by atoms with Gasteiger partial charge in [-0.1, -0.05) is 12.2 Å². The minimum atomic E-state index is -0.324. The van der Waals surface area contributed by atoms with Crippen molar-refractivity contribution in [2.45, 2.75) is 0 Å². The maximum absolute atomic E-state index is 9.96. The van der Waals surface area contributed by atoms with Crippen LogP contribution in [0.2, 0.25) is 0 Å². The lowest BCUT2D eigenvalue weighted by molar-refractivity contribution is 0.340. The van der Waals surface area contributed by atoms with Crippen LogP contribution in [0.1, 0.15) is 11.1 Å². The highest BCUT2D eigenvalue weighted by molar-refractivity contribution is 5.76. The van der Waals surface area contributed by atoms with Crippen LogP contribution >= 0.6 is 0 Å². The summed E-state index contributed by atoms with van der Waals surface area (Å²) in [5, 5.41) is 29.6. The molecule has 23 heavy (non-hydrogen) atoms. The number of phenolic OH excluding ortho intramolecular Hbond substituents is 3. The van der Waals surface area contributed by atoms with E-state index >= 15 is 0 Å². The van der Waals surface area contributed by atoms with Gasteiger partial charge in [-0.3, -0.25) is 0 Å². The molecular formula is C17H18O6. The van der Waals surface area contributed by atoms with Crippen LogP contribution in [0.25, 0.3) is 12.2 Å². The van der Waals surface area contributed by atoms with Gasteiger partial charge in [-0.15, -0.1) is 0 Å². The van der Waals surface area contributed by atoms with Gasteiger partial charge in [-0.25, -0.2) is 0 Å². The Kier molecular flexibility index (Phi) is 4.85. The molecule has 0 aliphatic heterocycles. The largest absolute Gasteiger partial charge is 0.504 e. The van der Waals surface area contributed by atoms with E-state index in [1.807, 2.05) is 0 Å². The number of methoxy groups -OCH3 is 3. The van der Waals surface area contributed by atoms with Crippen molar-refractivity contribution in [1.82, 2.24) is 0 Å². The molecule has 0 unspecified atom stereocenters. The number of ether oxygens (including phenoxy) is 3. The van der Waals surface area contributed by atoms with Crippen LogP contribution in [0, 0.1) is 0 Å². The van der Waals surface area contributed by atoms with Crippen LogP contribution in [0.5, 0.6) is 34.5 Å². The standard InChI is InChI=1S/C17H18O6/c1-21-12-7-6-11(15(18)17(12)20)5-4-10-8-13(22-2)16(19)14(9-10)23-3/h4-9,18-20H,1-3H3/b5-4+. The second-order valence-corrected chi connectivity index (χ2v) is 4.66. The Morgan fingerprint density at radius 2 is 1.26 bits per heavy atom. The lowest BCUT2D eigenvalue weighted by Gasteiger charge is -2.10. The molecule has 0 heterocycles. The fourth-order valence-corrected chi connectivity index (χ4v) is 2.07. The average Bonchev–Trinajstić information content (AvgIpc) is 2.57. The first-order chi connectivity index (χ1) is 11.0. The minimum Gasteiger partial charge on any atom is -0.504 e. The van der Waals surface area contributed by atoms with E-state index in [9.17, 15) is 15.3 Å². The second kappa shape index (κ2) is 6.83. The number of rotatable bonds is 5. The average molecular weight is 318 g/mol. The van der Waals surface area contributed by atoms with Gasteiger partial charge in [-0.05, 0) is 29.8 Å². The Bertz CT molecular complexity index is 711. The molecule has 0 amide bonds. The first-order valence-corrected chi connectivity index (χ1v) is 6.73. The molecule has 3 N–H and O–H groups in total. The summed E-state index contributed by atoms with van der Waals surface area (Å²) in [5.41, 5.74) is 1.10. The Morgan fingerprint density at radius 3 is 1.78 bits per heavy atom. The van der Waals surface area contributed by atoms with E-state index in [0.29, 0.717) is 11.1 Å². The third-order valence-corrected chi connectivity index (χ3v) is 3.32. The van der Waals surface area contributed by atoms with Gasteiger partial charge in [0, 0.05) is 5.56 Å². The van der Waals surface area contributed by atoms with Crippen molar-refractivity contribution in [2.75, 3.05) is 21.3 Å². The fraction of sp³-hybridized carbons (Fsp3) is 0.176. The molecular weight excluding hydrogens is 300 g/mol. The molecule has 2 aromatic rings. The predicted molar refractivity (Wildman–Crippen MR) is 86.5 cm³/mol. The van der Waals surface area contributed by atoms with Crippen molar-refractivity contribution in [3.05, 3.63) is 35.4 Å². The molecule has 0 saturated heterocycles. The van der Waals surface area contributed by atoms with Crippen LogP contribution < -0.4 is 14.2 Å². The highest BCUT2D eigenvalue weighted by Gasteiger charge is 2.12. The van der Waals surface area contributed by atoms with Crippen molar-refractivity contribution in [2.24, 2.45) is 0 Å². The number of aromatic hydroxyl groups is 3. The lowest BCUT2D eigenvalue weighted by Crippen LogP contribution is -1.90. The van der Waals surface area contributed by atoms with Gasteiger partial charge in [0.05, 0.1) is 21.3 Å². The summed E-state index contributed by atoms with van der Waals surface area (Å²) in [6.07, 6.45) is 3.30. The van der Waals surface area contributed by atoms with Gasteiger partial charge >= 0.3 is 0 Å². The molecule has 0 aromatic heterocycles. The van der Waals surface area contributed by atoms with Crippen molar-refractivity contribution in [3.8, 4) is 34.5 Å².